The molecule has 3 N–H and O–H groups in total. The minimum atomic E-state index is -4.21. The van der Waals surface area contributed by atoms with Gasteiger partial charge in [0.25, 0.3) is 15.8 Å². The highest BCUT2D eigenvalue weighted by Crippen LogP contribution is 2.21. The number of urea groups is 1. The largest absolute Gasteiger partial charge is 0.481 e. The predicted molar refractivity (Wildman–Crippen MR) is 101 cm³/mol. The van der Waals surface area contributed by atoms with Gasteiger partial charge in [0.1, 0.15) is 6.67 Å². The Bertz CT molecular complexity index is 935. The van der Waals surface area contributed by atoms with Crippen molar-refractivity contribution in [1.82, 2.24) is 15.4 Å². The summed E-state index contributed by atoms with van der Waals surface area (Å²) < 4.78 is 50.3. The van der Waals surface area contributed by atoms with E-state index in [1.165, 1.54) is 37.5 Å². The van der Waals surface area contributed by atoms with Gasteiger partial charge >= 0.3 is 12.0 Å². The van der Waals surface area contributed by atoms with Gasteiger partial charge in [-0.05, 0) is 19.1 Å². The molecule has 1 aromatic rings. The standard InChI is InChI=1S/C17H21FN4O6S/c1-11-9-15(27-3)20-17(19-11,14(10-18)28-12(2)23)21-16(24)22-29(25,26)13-7-5-4-6-8-13/h4-9,14,19H,10H2,1-3H3,(H2,21,22,24). The highest BCUT2D eigenvalue weighted by atomic mass is 32.2. The molecule has 0 radical (unpaired) electrons. The monoisotopic (exact) mass is 428 g/mol. The van der Waals surface area contributed by atoms with Crippen molar-refractivity contribution in [2.75, 3.05) is 13.8 Å². The lowest BCUT2D eigenvalue weighted by atomic mass is 10.1. The van der Waals surface area contributed by atoms with Gasteiger partial charge < -0.3 is 14.8 Å². The van der Waals surface area contributed by atoms with Crippen LogP contribution in [0.3, 0.4) is 0 Å². The summed E-state index contributed by atoms with van der Waals surface area (Å²) in [5, 5.41) is 4.96. The van der Waals surface area contributed by atoms with Crippen molar-refractivity contribution in [3.63, 3.8) is 0 Å². The molecule has 0 aromatic heterocycles. The number of halogens is 1. The Morgan fingerprint density at radius 1 is 1.31 bits per heavy atom. The molecule has 158 valence electrons. The molecule has 2 amide bonds. The van der Waals surface area contributed by atoms with Crippen LogP contribution < -0.4 is 15.4 Å². The molecule has 0 bridgehead atoms. The van der Waals surface area contributed by atoms with Gasteiger partial charge in [0.2, 0.25) is 5.90 Å². The molecular formula is C17H21FN4O6S. The quantitative estimate of drug-likeness (QED) is 0.570. The number of sulfonamides is 1. The fourth-order valence-electron chi connectivity index (χ4n) is 2.56. The average molecular weight is 428 g/mol. The minimum Gasteiger partial charge on any atom is -0.481 e. The van der Waals surface area contributed by atoms with Crippen molar-refractivity contribution in [2.24, 2.45) is 4.99 Å². The summed E-state index contributed by atoms with van der Waals surface area (Å²) in [5.74, 6) is -2.87. The lowest BCUT2D eigenvalue weighted by Crippen LogP contribution is -2.68. The van der Waals surface area contributed by atoms with Gasteiger partial charge in [0, 0.05) is 18.7 Å². The Labute approximate surface area is 167 Å². The second kappa shape index (κ2) is 8.90. The first-order chi connectivity index (χ1) is 13.6. The van der Waals surface area contributed by atoms with Crippen molar-refractivity contribution in [2.45, 2.75) is 30.6 Å². The smallest absolute Gasteiger partial charge is 0.332 e. The molecule has 0 aliphatic carbocycles. The van der Waals surface area contributed by atoms with Gasteiger partial charge in [-0.3, -0.25) is 10.1 Å². The predicted octanol–water partition coefficient (Wildman–Crippen LogP) is 0.781. The van der Waals surface area contributed by atoms with E-state index in [9.17, 15) is 22.4 Å². The van der Waals surface area contributed by atoms with Gasteiger partial charge in [0.05, 0.1) is 12.0 Å². The van der Waals surface area contributed by atoms with E-state index in [4.69, 9.17) is 9.47 Å². The zero-order valence-electron chi connectivity index (χ0n) is 15.9. The van der Waals surface area contributed by atoms with E-state index >= 15 is 0 Å². The molecule has 1 aliphatic rings. The maximum absolute atomic E-state index is 13.7. The molecule has 0 saturated heterocycles. The Hall–Kier alpha value is -3.15. The van der Waals surface area contributed by atoms with E-state index in [1.807, 2.05) is 4.72 Å². The molecule has 1 aromatic carbocycles. The number of benzene rings is 1. The summed E-state index contributed by atoms with van der Waals surface area (Å²) in [6, 6.07) is 5.95. The van der Waals surface area contributed by atoms with Crippen LogP contribution in [0.5, 0.6) is 0 Å². The van der Waals surface area contributed by atoms with E-state index in [2.05, 4.69) is 15.6 Å². The molecule has 0 spiro atoms. The SMILES string of the molecule is COC1=NC(NC(=O)NS(=O)(=O)c2ccccc2)(C(CF)OC(C)=O)NC(C)=C1. The Balaban J connectivity index is 2.35. The molecule has 1 heterocycles. The second-order valence-electron chi connectivity index (χ2n) is 6.00. The van der Waals surface area contributed by atoms with Crippen LogP contribution in [-0.4, -0.2) is 52.0 Å². The van der Waals surface area contributed by atoms with E-state index in [1.54, 1.807) is 13.0 Å². The van der Waals surface area contributed by atoms with Crippen LogP contribution in [0, 0.1) is 0 Å². The number of hydrogen-bond donors (Lipinski definition) is 3. The number of alkyl halides is 1. The molecule has 0 fully saturated rings. The number of esters is 1. The number of amides is 2. The molecule has 12 heteroatoms. The van der Waals surface area contributed by atoms with Crippen LogP contribution in [0.25, 0.3) is 0 Å². The number of aliphatic imine (C=N–C) groups is 1. The Morgan fingerprint density at radius 2 is 1.97 bits per heavy atom. The molecule has 0 saturated carbocycles. The van der Waals surface area contributed by atoms with E-state index < -0.39 is 40.6 Å². The summed E-state index contributed by atoms with van der Waals surface area (Å²) in [4.78, 5) is 27.8. The third kappa shape index (κ3) is 5.44. The van der Waals surface area contributed by atoms with E-state index in [0.29, 0.717) is 5.70 Å². The van der Waals surface area contributed by atoms with Crippen LogP contribution >= 0.6 is 0 Å². The van der Waals surface area contributed by atoms with Crippen LogP contribution in [0.2, 0.25) is 0 Å². The fraction of sp³-hybridized carbons (Fsp3) is 0.353. The summed E-state index contributed by atoms with van der Waals surface area (Å²) in [6.45, 7) is 1.40. The molecule has 2 unspecified atom stereocenters. The summed E-state index contributed by atoms with van der Waals surface area (Å²) in [5.41, 5.74) is 0.397. The van der Waals surface area contributed by atoms with Crippen molar-refractivity contribution in [1.29, 1.82) is 0 Å². The Morgan fingerprint density at radius 3 is 2.52 bits per heavy atom. The number of allylic oxidation sites excluding steroid dienone is 1. The number of carbonyl (C=O) groups is 2. The Kier molecular flexibility index (Phi) is 6.80. The third-order valence-corrected chi connectivity index (χ3v) is 5.07. The van der Waals surface area contributed by atoms with Crippen LogP contribution in [0.4, 0.5) is 9.18 Å². The number of nitrogens with one attached hydrogen (secondary N) is 3. The molecule has 29 heavy (non-hydrogen) atoms. The zero-order chi connectivity index (χ0) is 21.7. The normalized spacial score (nSPS) is 19.7. The first-order valence-corrected chi connectivity index (χ1v) is 9.83. The van der Waals surface area contributed by atoms with E-state index in [0.717, 1.165) is 6.92 Å². The highest BCUT2D eigenvalue weighted by molar-refractivity contribution is 7.90. The van der Waals surface area contributed by atoms with Crippen LogP contribution in [0.15, 0.2) is 52.0 Å². The van der Waals surface area contributed by atoms with Gasteiger partial charge in [0.15, 0.2) is 6.10 Å². The van der Waals surface area contributed by atoms with Gasteiger partial charge in [-0.1, -0.05) is 18.2 Å². The van der Waals surface area contributed by atoms with Crippen molar-refractivity contribution in [3.05, 3.63) is 42.1 Å². The lowest BCUT2D eigenvalue weighted by molar-refractivity contribution is -0.152. The maximum atomic E-state index is 13.7. The molecule has 1 aliphatic heterocycles. The molecule has 2 rings (SSSR count). The van der Waals surface area contributed by atoms with Crippen molar-refractivity contribution >= 4 is 27.9 Å². The second-order valence-corrected chi connectivity index (χ2v) is 7.68. The highest BCUT2D eigenvalue weighted by Gasteiger charge is 2.46. The number of hydrogen-bond acceptors (Lipinski definition) is 8. The zero-order valence-corrected chi connectivity index (χ0v) is 16.7. The van der Waals surface area contributed by atoms with Gasteiger partial charge in [-0.15, -0.1) is 0 Å². The number of nitrogens with zero attached hydrogens (tertiary/aromatic N) is 1. The van der Waals surface area contributed by atoms with Crippen molar-refractivity contribution in [3.8, 4) is 0 Å². The molecule has 2 atom stereocenters. The first-order valence-electron chi connectivity index (χ1n) is 8.35. The van der Waals surface area contributed by atoms with Gasteiger partial charge in [-0.25, -0.2) is 22.3 Å². The summed E-state index contributed by atoms with van der Waals surface area (Å²) >= 11 is 0. The number of ether oxygens (including phenoxy) is 2. The van der Waals surface area contributed by atoms with Gasteiger partial charge in [-0.2, -0.15) is 4.99 Å². The molecule has 10 nitrogen and oxygen atoms in total. The minimum absolute atomic E-state index is 0.00179. The topological polar surface area (TPSA) is 135 Å². The number of carbonyl (C=O) groups excluding carboxylic acids is 2. The third-order valence-electron chi connectivity index (χ3n) is 3.72. The fourth-order valence-corrected chi connectivity index (χ4v) is 3.49. The summed E-state index contributed by atoms with van der Waals surface area (Å²) in [6.07, 6.45) is -0.152. The number of rotatable bonds is 6. The van der Waals surface area contributed by atoms with Crippen LogP contribution in [-0.2, 0) is 24.3 Å². The lowest BCUT2D eigenvalue weighted by Gasteiger charge is -2.39. The first kappa shape index (κ1) is 22.1. The van der Waals surface area contributed by atoms with Crippen LogP contribution in [0.1, 0.15) is 13.8 Å². The summed E-state index contributed by atoms with van der Waals surface area (Å²) in [7, 11) is -2.91. The number of methoxy groups -OCH3 is 1. The van der Waals surface area contributed by atoms with Crippen molar-refractivity contribution < 1.29 is 31.9 Å². The maximum Gasteiger partial charge on any atom is 0.332 e. The van der Waals surface area contributed by atoms with E-state index in [-0.39, 0.29) is 10.8 Å². The average Bonchev–Trinajstić information content (AvgIpc) is 2.65. The molecular weight excluding hydrogens is 407 g/mol.